The average molecular weight is 414 g/mol. The summed E-state index contributed by atoms with van der Waals surface area (Å²) < 4.78 is 8.19. The summed E-state index contributed by atoms with van der Waals surface area (Å²) in [6.45, 7) is 0.749. The lowest BCUT2D eigenvalue weighted by Gasteiger charge is -2.08. The van der Waals surface area contributed by atoms with E-state index in [-0.39, 0.29) is 10.7 Å². The topological polar surface area (TPSA) is 72.1 Å². The third-order valence-corrected chi connectivity index (χ3v) is 5.70. The van der Waals surface area contributed by atoms with Gasteiger partial charge in [-0.25, -0.2) is 0 Å². The molecule has 148 valence electrons. The van der Waals surface area contributed by atoms with Gasteiger partial charge in [0, 0.05) is 11.1 Å². The first-order valence-corrected chi connectivity index (χ1v) is 10.3. The van der Waals surface area contributed by atoms with Crippen LogP contribution in [0.3, 0.4) is 0 Å². The van der Waals surface area contributed by atoms with Crippen molar-refractivity contribution in [3.63, 3.8) is 0 Å². The highest BCUT2D eigenvalue weighted by molar-refractivity contribution is 7.16. The highest BCUT2D eigenvalue weighted by Crippen LogP contribution is 2.21. The summed E-state index contributed by atoms with van der Waals surface area (Å²) in [6.07, 6.45) is 0.366. The van der Waals surface area contributed by atoms with E-state index in [0.717, 1.165) is 27.1 Å². The molecule has 30 heavy (non-hydrogen) atoms. The van der Waals surface area contributed by atoms with Gasteiger partial charge in [0.1, 0.15) is 12.4 Å². The molecule has 0 aliphatic rings. The number of hydrogen-bond donors (Lipinski definition) is 0. The molecule has 0 saturated carbocycles. The molecule has 1 aromatic heterocycles. The number of ketones is 1. The lowest BCUT2D eigenvalue weighted by atomic mass is 10.0. The lowest BCUT2D eigenvalue weighted by molar-refractivity contribution is 0.103. The van der Waals surface area contributed by atoms with E-state index < -0.39 is 0 Å². The van der Waals surface area contributed by atoms with Gasteiger partial charge in [0.2, 0.25) is 0 Å². The molecule has 6 heteroatoms. The van der Waals surface area contributed by atoms with Crippen LogP contribution in [-0.4, -0.2) is 17.0 Å². The summed E-state index contributed by atoms with van der Waals surface area (Å²) in [7, 11) is 0. The highest BCUT2D eigenvalue weighted by atomic mass is 32.1. The van der Waals surface area contributed by atoms with Crippen molar-refractivity contribution in [2.75, 3.05) is 6.61 Å². The summed E-state index contributed by atoms with van der Waals surface area (Å²) in [5.74, 6) is 0.632. The number of fused-ring (bicyclic) bond motifs is 1. The summed E-state index contributed by atoms with van der Waals surface area (Å²) >= 11 is 1.13. The van der Waals surface area contributed by atoms with Crippen molar-refractivity contribution in [1.82, 2.24) is 4.57 Å². The van der Waals surface area contributed by atoms with Gasteiger partial charge in [-0.15, -0.1) is 0 Å². The predicted molar refractivity (Wildman–Crippen MR) is 117 cm³/mol. The Morgan fingerprint density at radius 2 is 1.77 bits per heavy atom. The van der Waals surface area contributed by atoms with Crippen LogP contribution < -0.4 is 9.61 Å². The van der Waals surface area contributed by atoms with Crippen LogP contribution >= 0.6 is 11.3 Å². The molecule has 0 atom stereocenters. The van der Waals surface area contributed by atoms with Gasteiger partial charge in [-0.1, -0.05) is 53.8 Å². The number of thiazole rings is 1. The van der Waals surface area contributed by atoms with Crippen molar-refractivity contribution in [1.29, 1.82) is 5.26 Å². The van der Waals surface area contributed by atoms with Crippen LogP contribution in [0.4, 0.5) is 0 Å². The molecule has 0 radical (unpaired) electrons. The quantitative estimate of drug-likeness (QED) is 0.419. The first kappa shape index (κ1) is 19.6. The molecule has 0 aliphatic carbocycles. The lowest BCUT2D eigenvalue weighted by Crippen LogP contribution is -2.17. The van der Waals surface area contributed by atoms with Gasteiger partial charge in [-0.2, -0.15) is 5.26 Å². The Morgan fingerprint density at radius 3 is 2.50 bits per heavy atom. The maximum atomic E-state index is 12.7. The summed E-state index contributed by atoms with van der Waals surface area (Å²) in [5.41, 5.74) is 2.92. The zero-order chi connectivity index (χ0) is 20.9. The second kappa shape index (κ2) is 8.76. The van der Waals surface area contributed by atoms with Crippen LogP contribution in [0, 0.1) is 11.3 Å². The first-order valence-electron chi connectivity index (χ1n) is 9.47. The van der Waals surface area contributed by atoms with Gasteiger partial charge in [-0.05, 0) is 35.9 Å². The third-order valence-electron chi connectivity index (χ3n) is 4.76. The molecule has 1 heterocycles. The summed E-state index contributed by atoms with van der Waals surface area (Å²) in [6, 6.07) is 23.9. The van der Waals surface area contributed by atoms with Gasteiger partial charge < -0.3 is 4.74 Å². The van der Waals surface area contributed by atoms with E-state index in [2.05, 4.69) is 6.07 Å². The fraction of sp³-hybridized carbons (Fsp3) is 0.125. The van der Waals surface area contributed by atoms with Crippen molar-refractivity contribution >= 4 is 27.3 Å². The van der Waals surface area contributed by atoms with Crippen molar-refractivity contribution in [2.45, 2.75) is 13.0 Å². The van der Waals surface area contributed by atoms with Crippen LogP contribution in [0.25, 0.3) is 10.2 Å². The van der Waals surface area contributed by atoms with E-state index >= 15 is 0 Å². The van der Waals surface area contributed by atoms with Gasteiger partial charge in [-0.3, -0.25) is 14.2 Å². The van der Waals surface area contributed by atoms with Gasteiger partial charge >= 0.3 is 4.87 Å². The normalized spacial score (nSPS) is 10.6. The largest absolute Gasteiger partial charge is 0.492 e. The fourth-order valence-electron chi connectivity index (χ4n) is 3.23. The number of rotatable bonds is 7. The molecule has 4 rings (SSSR count). The van der Waals surface area contributed by atoms with Crippen molar-refractivity contribution < 1.29 is 9.53 Å². The fourth-order valence-corrected chi connectivity index (χ4v) is 4.18. The number of carbonyl (C=O) groups excluding carboxylic acids is 1. The summed E-state index contributed by atoms with van der Waals surface area (Å²) in [5, 5.41) is 8.72. The number of nitriles is 1. The number of benzene rings is 3. The molecule has 4 aromatic rings. The number of ether oxygens (including phenoxy) is 1. The Labute approximate surface area is 177 Å². The number of aromatic nitrogens is 1. The van der Waals surface area contributed by atoms with Crippen LogP contribution in [0.2, 0.25) is 0 Å². The molecule has 0 unspecified atom stereocenters. The molecule has 0 spiro atoms. The SMILES string of the molecule is N#CCc1ccc(OCCn2c(=O)sc3cc(C(=O)c4ccccc4)ccc32)cc1. The van der Waals surface area contributed by atoms with Crippen LogP contribution in [0.15, 0.2) is 77.6 Å². The van der Waals surface area contributed by atoms with E-state index in [1.54, 1.807) is 28.8 Å². The highest BCUT2D eigenvalue weighted by Gasteiger charge is 2.13. The van der Waals surface area contributed by atoms with E-state index in [9.17, 15) is 9.59 Å². The van der Waals surface area contributed by atoms with Gasteiger partial charge in [0.05, 0.1) is 29.3 Å². The van der Waals surface area contributed by atoms with Crippen molar-refractivity contribution in [3.05, 3.63) is 99.2 Å². The zero-order valence-corrected chi connectivity index (χ0v) is 16.9. The maximum Gasteiger partial charge on any atom is 0.308 e. The number of carbonyl (C=O) groups is 1. The third kappa shape index (κ3) is 4.17. The minimum Gasteiger partial charge on any atom is -0.492 e. The summed E-state index contributed by atoms with van der Waals surface area (Å²) in [4.78, 5) is 25.0. The first-order chi connectivity index (χ1) is 14.7. The molecule has 0 aliphatic heterocycles. The Hall–Kier alpha value is -3.69. The van der Waals surface area contributed by atoms with Crippen LogP contribution in [0.1, 0.15) is 21.5 Å². The molecule has 0 saturated heterocycles. The molecule has 0 amide bonds. The molecule has 0 N–H and O–H groups in total. The van der Waals surface area contributed by atoms with E-state index in [1.807, 2.05) is 48.5 Å². The molecule has 3 aromatic carbocycles. The molecule has 0 bridgehead atoms. The minimum atomic E-state index is -0.0812. The van der Waals surface area contributed by atoms with Crippen molar-refractivity contribution in [2.24, 2.45) is 0 Å². The smallest absolute Gasteiger partial charge is 0.308 e. The van der Waals surface area contributed by atoms with E-state index in [1.165, 1.54) is 0 Å². The second-order valence-electron chi connectivity index (χ2n) is 6.72. The maximum absolute atomic E-state index is 12.7. The van der Waals surface area contributed by atoms with E-state index in [0.29, 0.717) is 36.4 Å². The molecular formula is C24H18N2O3S. The van der Waals surface area contributed by atoms with E-state index in [4.69, 9.17) is 10.00 Å². The Morgan fingerprint density at radius 1 is 1.00 bits per heavy atom. The Balaban J connectivity index is 1.48. The van der Waals surface area contributed by atoms with Gasteiger partial charge in [0.15, 0.2) is 5.78 Å². The van der Waals surface area contributed by atoms with Crippen molar-refractivity contribution in [3.8, 4) is 11.8 Å². The monoisotopic (exact) mass is 414 g/mol. The number of hydrogen-bond acceptors (Lipinski definition) is 5. The van der Waals surface area contributed by atoms with Gasteiger partial charge in [0.25, 0.3) is 0 Å². The Kier molecular flexibility index (Phi) is 5.73. The predicted octanol–water partition coefficient (Wildman–Crippen LogP) is 4.44. The second-order valence-corrected chi connectivity index (χ2v) is 7.72. The molecule has 0 fully saturated rings. The average Bonchev–Trinajstić information content (AvgIpc) is 3.09. The standard InChI is InChI=1S/C24H18N2O3S/c25-13-12-17-6-9-20(10-7-17)29-15-14-26-21-11-8-19(16-22(21)30-24(26)28)23(27)18-4-2-1-3-5-18/h1-11,16H,12,14-15H2. The zero-order valence-electron chi connectivity index (χ0n) is 16.1. The Bertz CT molecular complexity index is 1280. The van der Waals surface area contributed by atoms with Crippen LogP contribution in [0.5, 0.6) is 5.75 Å². The molecular weight excluding hydrogens is 396 g/mol. The number of nitrogens with zero attached hydrogens (tertiary/aromatic N) is 2. The van der Waals surface area contributed by atoms with Crippen LogP contribution in [-0.2, 0) is 13.0 Å². The molecule has 5 nitrogen and oxygen atoms in total. The minimum absolute atomic E-state index is 0.0620.